The van der Waals surface area contributed by atoms with Crippen molar-refractivity contribution in [2.24, 2.45) is 0 Å². The SMILES string of the molecule is CCOc1cc(-c2ccccc2)sc1C(=O)N1CCN(Cc2cc(=O)n3ccsc3n2)CC1. The largest absolute Gasteiger partial charge is 0.492 e. The van der Waals surface area contributed by atoms with Crippen LogP contribution >= 0.6 is 22.7 Å². The van der Waals surface area contributed by atoms with Crippen molar-refractivity contribution in [1.82, 2.24) is 19.2 Å². The van der Waals surface area contributed by atoms with Gasteiger partial charge in [0.25, 0.3) is 11.5 Å². The molecule has 9 heteroatoms. The minimum Gasteiger partial charge on any atom is -0.492 e. The van der Waals surface area contributed by atoms with E-state index in [9.17, 15) is 9.59 Å². The van der Waals surface area contributed by atoms with E-state index >= 15 is 0 Å². The number of rotatable bonds is 6. The maximum atomic E-state index is 13.3. The third-order valence-electron chi connectivity index (χ3n) is 5.65. The molecule has 0 aliphatic carbocycles. The lowest BCUT2D eigenvalue weighted by Crippen LogP contribution is -2.48. The lowest BCUT2D eigenvalue weighted by molar-refractivity contribution is 0.0628. The Morgan fingerprint density at radius 2 is 1.91 bits per heavy atom. The van der Waals surface area contributed by atoms with Gasteiger partial charge in [-0.3, -0.25) is 18.9 Å². The third kappa shape index (κ3) is 4.57. The Morgan fingerprint density at radius 1 is 1.12 bits per heavy atom. The highest BCUT2D eigenvalue weighted by molar-refractivity contribution is 7.17. The molecule has 4 aromatic rings. The van der Waals surface area contributed by atoms with Crippen LogP contribution in [-0.4, -0.2) is 57.9 Å². The molecule has 0 radical (unpaired) electrons. The molecule has 5 rings (SSSR count). The van der Waals surface area contributed by atoms with Gasteiger partial charge in [-0.15, -0.1) is 22.7 Å². The molecule has 1 fully saturated rings. The molecule has 4 heterocycles. The summed E-state index contributed by atoms with van der Waals surface area (Å²) in [5.74, 6) is 0.671. The van der Waals surface area contributed by atoms with Crippen molar-refractivity contribution in [2.75, 3.05) is 32.8 Å². The Balaban J connectivity index is 1.27. The van der Waals surface area contributed by atoms with Crippen molar-refractivity contribution in [1.29, 1.82) is 0 Å². The maximum absolute atomic E-state index is 13.3. The van der Waals surface area contributed by atoms with Crippen LogP contribution in [0.25, 0.3) is 15.4 Å². The van der Waals surface area contributed by atoms with E-state index in [1.165, 1.54) is 22.7 Å². The second kappa shape index (κ2) is 9.46. The summed E-state index contributed by atoms with van der Waals surface area (Å²) >= 11 is 2.94. The Kier molecular flexibility index (Phi) is 6.26. The van der Waals surface area contributed by atoms with Crippen LogP contribution in [0.2, 0.25) is 0 Å². The average Bonchev–Trinajstić information content (AvgIpc) is 3.48. The first-order valence-electron chi connectivity index (χ1n) is 10.9. The number of thiophene rings is 1. The molecule has 1 saturated heterocycles. The summed E-state index contributed by atoms with van der Waals surface area (Å²) in [4.78, 5) is 36.7. The van der Waals surface area contributed by atoms with Gasteiger partial charge in [-0.05, 0) is 18.6 Å². The Labute approximate surface area is 199 Å². The molecule has 33 heavy (non-hydrogen) atoms. The maximum Gasteiger partial charge on any atom is 0.267 e. The molecule has 7 nitrogen and oxygen atoms in total. The number of hydrogen-bond donors (Lipinski definition) is 0. The number of piperazine rings is 1. The predicted molar refractivity (Wildman–Crippen MR) is 131 cm³/mol. The molecular formula is C24H24N4O3S2. The number of amides is 1. The van der Waals surface area contributed by atoms with Crippen LogP contribution in [-0.2, 0) is 6.54 Å². The number of fused-ring (bicyclic) bond motifs is 1. The zero-order valence-electron chi connectivity index (χ0n) is 18.3. The molecule has 1 aliphatic heterocycles. The van der Waals surface area contributed by atoms with Crippen molar-refractivity contribution in [3.05, 3.63) is 75.0 Å². The number of aromatic nitrogens is 2. The van der Waals surface area contributed by atoms with Crippen molar-refractivity contribution in [3.63, 3.8) is 0 Å². The number of ether oxygens (including phenoxy) is 1. The van der Waals surface area contributed by atoms with E-state index in [0.717, 1.165) is 29.2 Å². The lowest BCUT2D eigenvalue weighted by atomic mass is 10.2. The van der Waals surface area contributed by atoms with Crippen molar-refractivity contribution in [3.8, 4) is 16.2 Å². The van der Waals surface area contributed by atoms with E-state index in [1.807, 2.05) is 53.6 Å². The first-order valence-corrected chi connectivity index (χ1v) is 12.6. The lowest BCUT2D eigenvalue weighted by Gasteiger charge is -2.34. The van der Waals surface area contributed by atoms with Gasteiger partial charge in [0.05, 0.1) is 12.3 Å². The molecule has 1 aliphatic rings. The minimum absolute atomic E-state index is 0.0154. The molecule has 0 saturated carbocycles. The number of carbonyl (C=O) groups is 1. The van der Waals surface area contributed by atoms with Crippen LogP contribution in [0, 0.1) is 0 Å². The Hall–Kier alpha value is -3.01. The van der Waals surface area contributed by atoms with Gasteiger partial charge >= 0.3 is 0 Å². The van der Waals surface area contributed by atoms with Crippen molar-refractivity contribution in [2.45, 2.75) is 13.5 Å². The van der Waals surface area contributed by atoms with Gasteiger partial charge in [0.15, 0.2) is 4.96 Å². The number of nitrogens with zero attached hydrogens (tertiary/aromatic N) is 4. The summed E-state index contributed by atoms with van der Waals surface area (Å²) in [6.07, 6.45) is 1.74. The first-order chi connectivity index (χ1) is 16.1. The Bertz CT molecular complexity index is 1320. The second-order valence-electron chi connectivity index (χ2n) is 7.81. The standard InChI is InChI=1S/C24H24N4O3S2/c1-2-31-19-15-20(17-6-4-3-5-7-17)33-22(19)23(30)27-10-8-26(9-11-27)16-18-14-21(29)28-12-13-32-24(28)25-18/h3-7,12-15H,2,8-11,16H2,1H3. The second-order valence-corrected chi connectivity index (χ2v) is 9.74. The van der Waals surface area contributed by atoms with Crippen LogP contribution in [0.4, 0.5) is 0 Å². The van der Waals surface area contributed by atoms with Gasteiger partial charge in [0.1, 0.15) is 10.6 Å². The van der Waals surface area contributed by atoms with Crippen molar-refractivity contribution < 1.29 is 9.53 Å². The first kappa shape index (κ1) is 21.8. The average molecular weight is 481 g/mol. The summed E-state index contributed by atoms with van der Waals surface area (Å²) in [5, 5.41) is 1.86. The highest BCUT2D eigenvalue weighted by atomic mass is 32.1. The van der Waals surface area contributed by atoms with Gasteiger partial charge in [-0.2, -0.15) is 0 Å². The van der Waals surface area contributed by atoms with Gasteiger partial charge < -0.3 is 9.64 Å². The molecule has 0 spiro atoms. The highest BCUT2D eigenvalue weighted by Gasteiger charge is 2.27. The predicted octanol–water partition coefficient (Wildman–Crippen LogP) is 3.84. The number of benzene rings is 1. The topological polar surface area (TPSA) is 67.2 Å². The van der Waals surface area contributed by atoms with Crippen LogP contribution < -0.4 is 10.3 Å². The summed E-state index contributed by atoms with van der Waals surface area (Å²) in [5.41, 5.74) is 1.80. The van der Waals surface area contributed by atoms with E-state index in [1.54, 1.807) is 16.7 Å². The van der Waals surface area contributed by atoms with Gasteiger partial charge in [0.2, 0.25) is 0 Å². The van der Waals surface area contributed by atoms with E-state index < -0.39 is 0 Å². The molecule has 1 aromatic carbocycles. The van der Waals surface area contributed by atoms with E-state index in [2.05, 4.69) is 9.88 Å². The van der Waals surface area contributed by atoms with Crippen LogP contribution in [0.15, 0.2) is 58.8 Å². The fraction of sp³-hybridized carbons (Fsp3) is 0.292. The summed E-state index contributed by atoms with van der Waals surface area (Å²) < 4.78 is 7.37. The normalized spacial score (nSPS) is 14.6. The molecular weight excluding hydrogens is 456 g/mol. The smallest absolute Gasteiger partial charge is 0.267 e. The fourth-order valence-electron chi connectivity index (χ4n) is 3.98. The zero-order chi connectivity index (χ0) is 22.8. The zero-order valence-corrected chi connectivity index (χ0v) is 19.9. The fourth-order valence-corrected chi connectivity index (χ4v) is 5.79. The van der Waals surface area contributed by atoms with Crippen LogP contribution in [0.3, 0.4) is 0 Å². The molecule has 3 aromatic heterocycles. The van der Waals surface area contributed by atoms with Crippen LogP contribution in [0.1, 0.15) is 22.3 Å². The monoisotopic (exact) mass is 480 g/mol. The van der Waals surface area contributed by atoms with Crippen LogP contribution in [0.5, 0.6) is 5.75 Å². The van der Waals surface area contributed by atoms with E-state index in [0.29, 0.717) is 41.8 Å². The molecule has 0 atom stereocenters. The molecule has 170 valence electrons. The number of hydrogen-bond acceptors (Lipinski definition) is 7. The van der Waals surface area contributed by atoms with Gasteiger partial charge in [0, 0.05) is 55.2 Å². The molecule has 0 N–H and O–H groups in total. The molecule has 0 bridgehead atoms. The Morgan fingerprint density at radius 3 is 2.67 bits per heavy atom. The quantitative estimate of drug-likeness (QED) is 0.420. The summed E-state index contributed by atoms with van der Waals surface area (Å²) in [6.45, 7) is 5.77. The van der Waals surface area contributed by atoms with E-state index in [-0.39, 0.29) is 11.5 Å². The third-order valence-corrected chi connectivity index (χ3v) is 7.56. The highest BCUT2D eigenvalue weighted by Crippen LogP contribution is 2.37. The molecule has 0 unspecified atom stereocenters. The number of thiazole rings is 1. The van der Waals surface area contributed by atoms with Gasteiger partial charge in [-0.1, -0.05) is 30.3 Å². The molecule has 1 amide bonds. The minimum atomic E-state index is -0.0552. The number of carbonyl (C=O) groups excluding carboxylic acids is 1. The summed E-state index contributed by atoms with van der Waals surface area (Å²) in [7, 11) is 0. The van der Waals surface area contributed by atoms with Gasteiger partial charge in [-0.25, -0.2) is 4.98 Å². The van der Waals surface area contributed by atoms with E-state index in [4.69, 9.17) is 4.74 Å². The van der Waals surface area contributed by atoms with Crippen molar-refractivity contribution >= 4 is 33.5 Å². The summed E-state index contributed by atoms with van der Waals surface area (Å²) in [6, 6.07) is 13.6.